The molecular weight excluding hydrogens is 230 g/mol. The highest BCUT2D eigenvalue weighted by Crippen LogP contribution is 2.26. The summed E-state index contributed by atoms with van der Waals surface area (Å²) in [6.45, 7) is 2.97. The van der Waals surface area contributed by atoms with E-state index in [1.54, 1.807) is 12.3 Å². The van der Waals surface area contributed by atoms with Crippen molar-refractivity contribution in [3.8, 4) is 11.9 Å². The summed E-state index contributed by atoms with van der Waals surface area (Å²) in [6, 6.07) is 2.06. The molecule has 1 aromatic heterocycles. The zero-order valence-electron chi connectivity index (χ0n) is 10.9. The lowest BCUT2D eigenvalue weighted by molar-refractivity contribution is 0.162. The summed E-state index contributed by atoms with van der Waals surface area (Å²) in [5.41, 5.74) is 6.07. The standard InChI is InChI=1S/C13H21N3O2/c1-2-17-11-6-9-15-12(16-11)18-10-13(14)7-4-3-5-8-13/h6,9H,2-5,7-8,10,14H2,1H3. The lowest BCUT2D eigenvalue weighted by Crippen LogP contribution is -2.47. The summed E-state index contributed by atoms with van der Waals surface area (Å²) >= 11 is 0. The molecule has 0 radical (unpaired) electrons. The maximum Gasteiger partial charge on any atom is 0.319 e. The molecule has 2 rings (SSSR count). The molecule has 1 saturated carbocycles. The van der Waals surface area contributed by atoms with Gasteiger partial charge in [-0.1, -0.05) is 19.3 Å². The first-order chi connectivity index (χ1) is 8.72. The van der Waals surface area contributed by atoms with E-state index in [9.17, 15) is 0 Å². The Morgan fingerprint density at radius 2 is 2.06 bits per heavy atom. The first kappa shape index (κ1) is 13.1. The fourth-order valence-corrected chi connectivity index (χ4v) is 2.23. The van der Waals surface area contributed by atoms with Gasteiger partial charge in [0.1, 0.15) is 6.61 Å². The minimum atomic E-state index is -0.219. The topological polar surface area (TPSA) is 70.3 Å². The summed E-state index contributed by atoms with van der Waals surface area (Å²) < 4.78 is 10.9. The maximum absolute atomic E-state index is 6.29. The van der Waals surface area contributed by atoms with Gasteiger partial charge in [0.25, 0.3) is 0 Å². The van der Waals surface area contributed by atoms with Gasteiger partial charge in [0.05, 0.1) is 12.1 Å². The van der Waals surface area contributed by atoms with Gasteiger partial charge in [-0.15, -0.1) is 0 Å². The van der Waals surface area contributed by atoms with E-state index < -0.39 is 0 Å². The SMILES string of the molecule is CCOc1ccnc(OCC2(N)CCCCC2)n1. The van der Waals surface area contributed by atoms with Gasteiger partial charge in [-0.25, -0.2) is 4.98 Å². The van der Waals surface area contributed by atoms with Crippen LogP contribution < -0.4 is 15.2 Å². The third-order valence-electron chi connectivity index (χ3n) is 3.24. The number of aromatic nitrogens is 2. The van der Waals surface area contributed by atoms with E-state index in [2.05, 4.69) is 9.97 Å². The van der Waals surface area contributed by atoms with Crippen LogP contribution in [0, 0.1) is 0 Å². The van der Waals surface area contributed by atoms with E-state index in [0.717, 1.165) is 12.8 Å². The Balaban J connectivity index is 1.90. The monoisotopic (exact) mass is 251 g/mol. The average molecular weight is 251 g/mol. The number of nitrogens with two attached hydrogens (primary N) is 1. The van der Waals surface area contributed by atoms with Crippen molar-refractivity contribution in [3.63, 3.8) is 0 Å². The Hall–Kier alpha value is -1.36. The Morgan fingerprint density at radius 1 is 1.28 bits per heavy atom. The molecule has 1 fully saturated rings. The van der Waals surface area contributed by atoms with Crippen molar-refractivity contribution in [2.45, 2.75) is 44.6 Å². The zero-order chi connectivity index (χ0) is 12.8. The van der Waals surface area contributed by atoms with Gasteiger partial charge in [0.15, 0.2) is 0 Å². The number of ether oxygens (including phenoxy) is 2. The fourth-order valence-electron chi connectivity index (χ4n) is 2.23. The molecule has 0 spiro atoms. The van der Waals surface area contributed by atoms with Crippen molar-refractivity contribution < 1.29 is 9.47 Å². The second kappa shape index (κ2) is 6.00. The molecule has 0 atom stereocenters. The van der Waals surface area contributed by atoms with Crippen LogP contribution in [-0.2, 0) is 0 Å². The predicted molar refractivity (Wildman–Crippen MR) is 68.7 cm³/mol. The van der Waals surface area contributed by atoms with Gasteiger partial charge in [0, 0.05) is 12.3 Å². The van der Waals surface area contributed by atoms with E-state index in [0.29, 0.717) is 25.1 Å². The van der Waals surface area contributed by atoms with E-state index in [1.807, 2.05) is 6.92 Å². The van der Waals surface area contributed by atoms with Crippen LogP contribution in [0.1, 0.15) is 39.0 Å². The number of hydrogen-bond acceptors (Lipinski definition) is 5. The van der Waals surface area contributed by atoms with Gasteiger partial charge in [-0.2, -0.15) is 4.98 Å². The second-order valence-electron chi connectivity index (χ2n) is 4.82. The second-order valence-corrected chi connectivity index (χ2v) is 4.82. The lowest BCUT2D eigenvalue weighted by atomic mass is 9.83. The van der Waals surface area contributed by atoms with E-state index in [4.69, 9.17) is 15.2 Å². The van der Waals surface area contributed by atoms with Gasteiger partial charge < -0.3 is 15.2 Å². The molecule has 100 valence electrons. The van der Waals surface area contributed by atoms with E-state index >= 15 is 0 Å². The van der Waals surface area contributed by atoms with Crippen LogP contribution in [0.5, 0.6) is 11.9 Å². The highest BCUT2D eigenvalue weighted by Gasteiger charge is 2.28. The van der Waals surface area contributed by atoms with Crippen molar-refractivity contribution in [3.05, 3.63) is 12.3 Å². The van der Waals surface area contributed by atoms with Crippen LogP contribution in [-0.4, -0.2) is 28.7 Å². The van der Waals surface area contributed by atoms with Crippen LogP contribution >= 0.6 is 0 Å². The average Bonchev–Trinajstić information content (AvgIpc) is 2.38. The molecule has 1 aliphatic carbocycles. The normalized spacial score (nSPS) is 18.3. The maximum atomic E-state index is 6.29. The quantitative estimate of drug-likeness (QED) is 0.865. The first-order valence-electron chi connectivity index (χ1n) is 6.59. The number of rotatable bonds is 5. The predicted octanol–water partition coefficient (Wildman–Crippen LogP) is 1.92. The fraction of sp³-hybridized carbons (Fsp3) is 0.692. The third kappa shape index (κ3) is 3.57. The Labute approximate surface area is 108 Å². The van der Waals surface area contributed by atoms with Crippen molar-refractivity contribution in [2.75, 3.05) is 13.2 Å². The largest absolute Gasteiger partial charge is 0.478 e. The lowest BCUT2D eigenvalue weighted by Gasteiger charge is -2.32. The summed E-state index contributed by atoms with van der Waals surface area (Å²) in [5, 5.41) is 0. The molecule has 1 aliphatic rings. The summed E-state index contributed by atoms with van der Waals surface area (Å²) in [5.74, 6) is 0.539. The minimum absolute atomic E-state index is 0.219. The zero-order valence-corrected chi connectivity index (χ0v) is 10.9. The smallest absolute Gasteiger partial charge is 0.319 e. The van der Waals surface area contributed by atoms with Crippen molar-refractivity contribution in [2.24, 2.45) is 5.73 Å². The molecule has 0 saturated heterocycles. The molecule has 1 aromatic rings. The molecular formula is C13H21N3O2. The number of hydrogen-bond donors (Lipinski definition) is 1. The van der Waals surface area contributed by atoms with Gasteiger partial charge in [-0.05, 0) is 19.8 Å². The van der Waals surface area contributed by atoms with Crippen LogP contribution in [0.3, 0.4) is 0 Å². The van der Waals surface area contributed by atoms with Gasteiger partial charge >= 0.3 is 6.01 Å². The molecule has 0 amide bonds. The molecule has 2 N–H and O–H groups in total. The summed E-state index contributed by atoms with van der Waals surface area (Å²) in [4.78, 5) is 8.24. The Kier molecular flexibility index (Phi) is 4.36. The number of nitrogens with zero attached hydrogens (tertiary/aromatic N) is 2. The summed E-state index contributed by atoms with van der Waals surface area (Å²) in [7, 11) is 0. The molecule has 1 heterocycles. The van der Waals surface area contributed by atoms with Gasteiger partial charge in [-0.3, -0.25) is 0 Å². The van der Waals surface area contributed by atoms with Crippen molar-refractivity contribution in [1.82, 2.24) is 9.97 Å². The van der Waals surface area contributed by atoms with Crippen LogP contribution in [0.25, 0.3) is 0 Å². The van der Waals surface area contributed by atoms with E-state index in [1.165, 1.54) is 19.3 Å². The molecule has 5 nitrogen and oxygen atoms in total. The Morgan fingerprint density at radius 3 is 2.78 bits per heavy atom. The van der Waals surface area contributed by atoms with Crippen LogP contribution in [0.4, 0.5) is 0 Å². The minimum Gasteiger partial charge on any atom is -0.478 e. The summed E-state index contributed by atoms with van der Waals surface area (Å²) in [6.07, 6.45) is 7.29. The highest BCUT2D eigenvalue weighted by atomic mass is 16.5. The first-order valence-corrected chi connectivity index (χ1v) is 6.59. The molecule has 0 aliphatic heterocycles. The molecule has 0 unspecified atom stereocenters. The van der Waals surface area contributed by atoms with Crippen LogP contribution in [0.15, 0.2) is 12.3 Å². The Bertz CT molecular complexity index is 378. The van der Waals surface area contributed by atoms with Crippen molar-refractivity contribution >= 4 is 0 Å². The molecule has 5 heteroatoms. The van der Waals surface area contributed by atoms with E-state index in [-0.39, 0.29) is 5.54 Å². The molecule has 0 bridgehead atoms. The van der Waals surface area contributed by atoms with Gasteiger partial charge in [0.2, 0.25) is 5.88 Å². The molecule has 0 aromatic carbocycles. The van der Waals surface area contributed by atoms with Crippen molar-refractivity contribution in [1.29, 1.82) is 0 Å². The highest BCUT2D eigenvalue weighted by molar-refractivity contribution is 5.11. The van der Waals surface area contributed by atoms with Crippen LogP contribution in [0.2, 0.25) is 0 Å². The molecule has 18 heavy (non-hydrogen) atoms. The third-order valence-corrected chi connectivity index (χ3v) is 3.24.